The number of benzene rings is 1. The first kappa shape index (κ1) is 15.6. The summed E-state index contributed by atoms with van der Waals surface area (Å²) >= 11 is 12.1. The number of nitrogens with zero attached hydrogens (tertiary/aromatic N) is 2. The molecule has 1 aromatic carbocycles. The molecule has 0 spiro atoms. The molecule has 2 aliphatic rings. The molecule has 0 aromatic heterocycles. The van der Waals surface area contributed by atoms with Gasteiger partial charge in [0.15, 0.2) is 0 Å². The van der Waals surface area contributed by atoms with Gasteiger partial charge in [-0.25, -0.2) is 0 Å². The van der Waals surface area contributed by atoms with E-state index in [1.807, 2.05) is 18.2 Å². The van der Waals surface area contributed by atoms with Crippen LogP contribution in [0.3, 0.4) is 0 Å². The molecule has 2 aliphatic heterocycles. The minimum Gasteiger partial charge on any atom is -0.396 e. The van der Waals surface area contributed by atoms with Crippen LogP contribution in [0.25, 0.3) is 0 Å². The number of fused-ring (bicyclic) bond motifs is 1. The fourth-order valence-electron chi connectivity index (χ4n) is 3.64. The summed E-state index contributed by atoms with van der Waals surface area (Å²) < 4.78 is 0. The van der Waals surface area contributed by atoms with Crippen LogP contribution in [0.15, 0.2) is 18.2 Å². The predicted octanol–water partition coefficient (Wildman–Crippen LogP) is 3.02. The van der Waals surface area contributed by atoms with Crippen molar-refractivity contribution in [1.29, 1.82) is 0 Å². The van der Waals surface area contributed by atoms with Crippen molar-refractivity contribution in [2.24, 2.45) is 0 Å². The van der Waals surface area contributed by atoms with Crippen LogP contribution in [0.2, 0.25) is 10.0 Å². The van der Waals surface area contributed by atoms with Gasteiger partial charge in [0, 0.05) is 38.3 Å². The molecule has 3 nitrogen and oxygen atoms in total. The summed E-state index contributed by atoms with van der Waals surface area (Å²) in [4.78, 5) is 5.09. The fraction of sp³-hybridized carbons (Fsp3) is 0.625. The molecule has 0 unspecified atom stereocenters. The molecule has 1 aromatic rings. The summed E-state index contributed by atoms with van der Waals surface area (Å²) in [5.74, 6) is 0. The molecule has 0 radical (unpaired) electrons. The number of hydrogen-bond acceptors (Lipinski definition) is 3. The summed E-state index contributed by atoms with van der Waals surface area (Å²) in [7, 11) is 0. The lowest BCUT2D eigenvalue weighted by atomic mass is 10.0. The van der Waals surface area contributed by atoms with Crippen molar-refractivity contribution in [2.45, 2.75) is 37.9 Å². The molecule has 5 heteroatoms. The van der Waals surface area contributed by atoms with Crippen LogP contribution < -0.4 is 0 Å². The van der Waals surface area contributed by atoms with Crippen LogP contribution in [0.4, 0.5) is 0 Å². The lowest BCUT2D eigenvalue weighted by molar-refractivity contribution is 0.0333. The zero-order chi connectivity index (χ0) is 14.8. The molecule has 116 valence electrons. The molecule has 1 N–H and O–H groups in total. The minimum absolute atomic E-state index is 0.251. The number of rotatable bonds is 4. The van der Waals surface area contributed by atoms with Gasteiger partial charge in [-0.05, 0) is 43.5 Å². The van der Waals surface area contributed by atoms with Crippen molar-refractivity contribution in [1.82, 2.24) is 9.80 Å². The average molecular weight is 329 g/mol. The van der Waals surface area contributed by atoms with Gasteiger partial charge in [-0.2, -0.15) is 0 Å². The molecule has 21 heavy (non-hydrogen) atoms. The van der Waals surface area contributed by atoms with Crippen molar-refractivity contribution in [2.75, 3.05) is 26.2 Å². The summed E-state index contributed by atoms with van der Waals surface area (Å²) in [6.07, 6.45) is 3.44. The first-order chi connectivity index (χ1) is 10.2. The zero-order valence-corrected chi connectivity index (χ0v) is 13.7. The van der Waals surface area contributed by atoms with Crippen molar-refractivity contribution < 1.29 is 5.11 Å². The normalized spacial score (nSPS) is 27.0. The Labute approximate surface area is 136 Å². The van der Waals surface area contributed by atoms with Gasteiger partial charge >= 0.3 is 0 Å². The van der Waals surface area contributed by atoms with Crippen LogP contribution in [-0.4, -0.2) is 53.2 Å². The minimum atomic E-state index is 0.251. The maximum Gasteiger partial charge on any atom is 0.0595 e. The van der Waals surface area contributed by atoms with Crippen LogP contribution >= 0.6 is 23.2 Å². The summed E-state index contributed by atoms with van der Waals surface area (Å²) in [6.45, 7) is 4.51. The number of piperazine rings is 1. The van der Waals surface area contributed by atoms with Gasteiger partial charge in [0.05, 0.1) is 10.0 Å². The van der Waals surface area contributed by atoms with Crippen molar-refractivity contribution in [3.63, 3.8) is 0 Å². The lowest BCUT2D eigenvalue weighted by Gasteiger charge is -2.43. The van der Waals surface area contributed by atoms with E-state index in [0.717, 1.165) is 26.1 Å². The van der Waals surface area contributed by atoms with Crippen molar-refractivity contribution in [3.05, 3.63) is 33.8 Å². The van der Waals surface area contributed by atoms with Gasteiger partial charge in [0.25, 0.3) is 0 Å². The SMILES string of the molecule is OCC[C@H]1CN2CCC[C@@H]2CN1Cc1ccc(Cl)c(Cl)c1. The van der Waals surface area contributed by atoms with Gasteiger partial charge in [-0.3, -0.25) is 9.80 Å². The Balaban J connectivity index is 1.72. The molecule has 0 bridgehead atoms. The van der Waals surface area contributed by atoms with E-state index in [9.17, 15) is 5.11 Å². The largest absolute Gasteiger partial charge is 0.396 e. The van der Waals surface area contributed by atoms with E-state index >= 15 is 0 Å². The Hall–Kier alpha value is -0.320. The highest BCUT2D eigenvalue weighted by Crippen LogP contribution is 2.28. The Morgan fingerprint density at radius 1 is 1.19 bits per heavy atom. The first-order valence-electron chi connectivity index (χ1n) is 7.70. The van der Waals surface area contributed by atoms with Crippen LogP contribution in [0.5, 0.6) is 0 Å². The Bertz CT molecular complexity index is 497. The molecule has 0 saturated carbocycles. The summed E-state index contributed by atoms with van der Waals surface area (Å²) in [5.41, 5.74) is 1.19. The third kappa shape index (κ3) is 3.54. The lowest BCUT2D eigenvalue weighted by Crippen LogP contribution is -2.55. The Kier molecular flexibility index (Phi) is 5.07. The predicted molar refractivity (Wildman–Crippen MR) is 87.0 cm³/mol. The third-order valence-electron chi connectivity index (χ3n) is 4.74. The van der Waals surface area contributed by atoms with E-state index < -0.39 is 0 Å². The summed E-state index contributed by atoms with van der Waals surface area (Å²) in [5, 5.41) is 10.6. The van der Waals surface area contributed by atoms with Crippen LogP contribution in [-0.2, 0) is 6.54 Å². The standard InChI is InChI=1S/C16H22Cl2N2O/c17-15-4-3-12(8-16(15)18)9-20-11-13-2-1-6-19(13)10-14(20)5-7-21/h3-4,8,13-14,21H,1-2,5-7,9-11H2/t13-,14+/m1/s1. The maximum absolute atomic E-state index is 9.34. The fourth-order valence-corrected chi connectivity index (χ4v) is 3.96. The van der Waals surface area contributed by atoms with E-state index in [-0.39, 0.29) is 6.61 Å². The van der Waals surface area contributed by atoms with Gasteiger partial charge in [-0.15, -0.1) is 0 Å². The maximum atomic E-state index is 9.34. The number of aliphatic hydroxyl groups is 1. The monoisotopic (exact) mass is 328 g/mol. The zero-order valence-electron chi connectivity index (χ0n) is 12.1. The molecule has 2 fully saturated rings. The molecule has 2 heterocycles. The Morgan fingerprint density at radius 3 is 2.81 bits per heavy atom. The van der Waals surface area contributed by atoms with E-state index in [1.54, 1.807) is 0 Å². The molecule has 2 saturated heterocycles. The second kappa shape index (κ2) is 6.84. The van der Waals surface area contributed by atoms with E-state index in [1.165, 1.54) is 24.9 Å². The van der Waals surface area contributed by atoms with Gasteiger partial charge in [0.2, 0.25) is 0 Å². The highest BCUT2D eigenvalue weighted by Gasteiger charge is 2.35. The van der Waals surface area contributed by atoms with Gasteiger partial charge in [0.1, 0.15) is 0 Å². The van der Waals surface area contributed by atoms with E-state index in [2.05, 4.69) is 9.80 Å². The number of hydrogen-bond donors (Lipinski definition) is 1. The van der Waals surface area contributed by atoms with Crippen LogP contribution in [0, 0.1) is 0 Å². The smallest absolute Gasteiger partial charge is 0.0595 e. The number of halogens is 2. The average Bonchev–Trinajstić information content (AvgIpc) is 2.90. The molecule has 3 rings (SSSR count). The van der Waals surface area contributed by atoms with Crippen LogP contribution in [0.1, 0.15) is 24.8 Å². The molecule has 0 aliphatic carbocycles. The second-order valence-corrected chi connectivity index (χ2v) is 6.95. The van der Waals surface area contributed by atoms with Crippen molar-refractivity contribution >= 4 is 23.2 Å². The second-order valence-electron chi connectivity index (χ2n) is 6.13. The molecular weight excluding hydrogens is 307 g/mol. The summed E-state index contributed by atoms with van der Waals surface area (Å²) in [6, 6.07) is 6.99. The van der Waals surface area contributed by atoms with E-state index in [0.29, 0.717) is 22.1 Å². The third-order valence-corrected chi connectivity index (χ3v) is 5.48. The molecule has 0 amide bonds. The van der Waals surface area contributed by atoms with E-state index in [4.69, 9.17) is 23.2 Å². The quantitative estimate of drug-likeness (QED) is 0.920. The topological polar surface area (TPSA) is 26.7 Å². The Morgan fingerprint density at radius 2 is 2.05 bits per heavy atom. The molecular formula is C16H22Cl2N2O. The first-order valence-corrected chi connectivity index (χ1v) is 8.46. The van der Waals surface area contributed by atoms with Gasteiger partial charge in [-0.1, -0.05) is 29.3 Å². The van der Waals surface area contributed by atoms with Crippen molar-refractivity contribution in [3.8, 4) is 0 Å². The number of aliphatic hydroxyl groups excluding tert-OH is 1. The molecule has 2 atom stereocenters. The highest BCUT2D eigenvalue weighted by atomic mass is 35.5. The van der Waals surface area contributed by atoms with Gasteiger partial charge < -0.3 is 5.11 Å². The highest BCUT2D eigenvalue weighted by molar-refractivity contribution is 6.42.